The highest BCUT2D eigenvalue weighted by molar-refractivity contribution is 8.00. The zero-order chi connectivity index (χ0) is 31.6. The Morgan fingerprint density at radius 1 is 0.818 bits per heavy atom. The van der Waals surface area contributed by atoms with Crippen molar-refractivity contribution in [3.63, 3.8) is 0 Å². The number of amides is 3. The lowest BCUT2D eigenvalue weighted by molar-refractivity contribution is -0.385. The molecule has 0 aliphatic rings. The third kappa shape index (κ3) is 8.36. The summed E-state index contributed by atoms with van der Waals surface area (Å²) in [5.41, 5.74) is 1.14. The Morgan fingerprint density at radius 2 is 1.55 bits per heavy atom. The second kappa shape index (κ2) is 14.4. The number of nitro groups is 2. The minimum atomic E-state index is -0.728. The van der Waals surface area contributed by atoms with Crippen molar-refractivity contribution in [1.29, 1.82) is 0 Å². The average Bonchev–Trinajstić information content (AvgIpc) is 3.01. The van der Waals surface area contributed by atoms with E-state index >= 15 is 0 Å². The Balaban J connectivity index is 1.49. The molecule has 4 rings (SSSR count). The predicted octanol–water partition coefficient (Wildman–Crippen LogP) is 5.95. The number of nitro benzene ring substituents is 2. The zero-order valence-electron chi connectivity index (χ0n) is 23.2. The first-order valence-electron chi connectivity index (χ1n) is 13.0. The Morgan fingerprint density at radius 3 is 2.27 bits per heavy atom. The minimum Gasteiger partial charge on any atom is -0.325 e. The van der Waals surface area contributed by atoms with E-state index in [0.717, 1.165) is 0 Å². The quantitative estimate of drug-likeness (QED) is 0.0807. The van der Waals surface area contributed by atoms with E-state index < -0.39 is 21.7 Å². The molecule has 0 aromatic heterocycles. The second-order valence-electron chi connectivity index (χ2n) is 9.27. The summed E-state index contributed by atoms with van der Waals surface area (Å²) >= 11 is 1.17. The number of hydrogen-bond acceptors (Lipinski definition) is 8. The maximum Gasteiger partial charge on any atom is 0.276 e. The molecular formula is C31H25N5O7S. The van der Waals surface area contributed by atoms with Gasteiger partial charge in [0, 0.05) is 34.3 Å². The number of hydrogen-bond donors (Lipinski definition) is 3. The van der Waals surface area contributed by atoms with Gasteiger partial charge in [0.15, 0.2) is 0 Å². The van der Waals surface area contributed by atoms with Gasteiger partial charge in [-0.1, -0.05) is 42.5 Å². The summed E-state index contributed by atoms with van der Waals surface area (Å²) in [6.07, 6.45) is 1.23. The van der Waals surface area contributed by atoms with E-state index in [1.807, 2.05) is 0 Å². The van der Waals surface area contributed by atoms with Gasteiger partial charge in [-0.2, -0.15) is 0 Å². The monoisotopic (exact) mass is 611 g/mol. The highest BCUT2D eigenvalue weighted by atomic mass is 32.2. The third-order valence-electron chi connectivity index (χ3n) is 6.13. The fourth-order valence-electron chi connectivity index (χ4n) is 3.93. The number of thioether (sulfide) groups is 1. The molecule has 222 valence electrons. The summed E-state index contributed by atoms with van der Waals surface area (Å²) in [6, 6.07) is 24.8. The van der Waals surface area contributed by atoms with Gasteiger partial charge in [-0.25, -0.2) is 0 Å². The number of aryl methyl sites for hydroxylation is 1. The molecule has 0 bridgehead atoms. The van der Waals surface area contributed by atoms with Crippen LogP contribution >= 0.6 is 11.8 Å². The van der Waals surface area contributed by atoms with Crippen LogP contribution in [-0.2, 0) is 9.59 Å². The normalized spacial score (nSPS) is 10.9. The van der Waals surface area contributed by atoms with Crippen molar-refractivity contribution in [3.8, 4) is 0 Å². The summed E-state index contributed by atoms with van der Waals surface area (Å²) in [7, 11) is 0. The fourth-order valence-corrected chi connectivity index (χ4v) is 4.68. The molecule has 0 atom stereocenters. The third-order valence-corrected chi connectivity index (χ3v) is 7.12. The van der Waals surface area contributed by atoms with E-state index in [1.165, 1.54) is 48.2 Å². The lowest BCUT2D eigenvalue weighted by Gasteiger charge is -2.12. The second-order valence-corrected chi connectivity index (χ2v) is 10.3. The molecule has 3 N–H and O–H groups in total. The molecule has 13 heteroatoms. The van der Waals surface area contributed by atoms with Gasteiger partial charge >= 0.3 is 0 Å². The molecule has 4 aromatic carbocycles. The van der Waals surface area contributed by atoms with Gasteiger partial charge in [0.2, 0.25) is 5.91 Å². The van der Waals surface area contributed by atoms with Gasteiger partial charge in [-0.05, 0) is 55.0 Å². The van der Waals surface area contributed by atoms with Crippen LogP contribution < -0.4 is 16.0 Å². The van der Waals surface area contributed by atoms with Gasteiger partial charge in [0.1, 0.15) is 5.70 Å². The molecule has 0 radical (unpaired) electrons. The van der Waals surface area contributed by atoms with Gasteiger partial charge in [-0.3, -0.25) is 34.6 Å². The SMILES string of the molecule is Cc1ccc([N+](=O)[O-])cc1NC(=O)CSc1cccc(NC(=O)/C(=C\c2ccccc2[N+](=O)[O-])NC(=O)c2ccccc2)c1. The Hall–Kier alpha value is -5.82. The number of nitrogens with zero attached hydrogens (tertiary/aromatic N) is 2. The molecule has 0 spiro atoms. The zero-order valence-corrected chi connectivity index (χ0v) is 24.0. The molecule has 44 heavy (non-hydrogen) atoms. The molecule has 4 aromatic rings. The van der Waals surface area contributed by atoms with Crippen molar-refractivity contribution < 1.29 is 24.2 Å². The van der Waals surface area contributed by atoms with Crippen LogP contribution in [0.4, 0.5) is 22.7 Å². The van der Waals surface area contributed by atoms with Gasteiger partial charge in [0.25, 0.3) is 23.2 Å². The highest BCUT2D eigenvalue weighted by Crippen LogP contribution is 2.25. The van der Waals surface area contributed by atoms with Gasteiger partial charge in [-0.15, -0.1) is 11.8 Å². The maximum absolute atomic E-state index is 13.4. The van der Waals surface area contributed by atoms with Crippen LogP contribution in [0.1, 0.15) is 21.5 Å². The summed E-state index contributed by atoms with van der Waals surface area (Å²) < 4.78 is 0. The lowest BCUT2D eigenvalue weighted by Crippen LogP contribution is -2.30. The molecule has 0 aliphatic carbocycles. The van der Waals surface area contributed by atoms with Crippen molar-refractivity contribution in [1.82, 2.24) is 5.32 Å². The van der Waals surface area contributed by atoms with Crippen molar-refractivity contribution in [2.45, 2.75) is 11.8 Å². The van der Waals surface area contributed by atoms with E-state index in [-0.39, 0.29) is 39.9 Å². The number of rotatable bonds is 11. The minimum absolute atomic E-state index is 0.0184. The average molecular weight is 612 g/mol. The number of nitrogens with one attached hydrogen (secondary N) is 3. The van der Waals surface area contributed by atoms with E-state index in [4.69, 9.17) is 0 Å². The lowest BCUT2D eigenvalue weighted by atomic mass is 10.1. The molecule has 0 saturated heterocycles. The van der Waals surface area contributed by atoms with Gasteiger partial charge in [0.05, 0.1) is 26.9 Å². The van der Waals surface area contributed by atoms with E-state index in [0.29, 0.717) is 21.8 Å². The van der Waals surface area contributed by atoms with Gasteiger partial charge < -0.3 is 16.0 Å². The Bertz CT molecular complexity index is 1780. The molecule has 0 aliphatic heterocycles. The topological polar surface area (TPSA) is 174 Å². The molecular weight excluding hydrogens is 586 g/mol. The fraction of sp³-hybridized carbons (Fsp3) is 0.0645. The van der Waals surface area contributed by atoms with Crippen molar-refractivity contribution in [2.24, 2.45) is 0 Å². The largest absolute Gasteiger partial charge is 0.325 e. The Labute approximate surface area is 255 Å². The molecule has 12 nitrogen and oxygen atoms in total. The van der Waals surface area contributed by atoms with Crippen LogP contribution in [0.5, 0.6) is 0 Å². The molecule has 0 fully saturated rings. The van der Waals surface area contributed by atoms with Crippen LogP contribution in [0, 0.1) is 27.2 Å². The van der Waals surface area contributed by atoms with E-state index in [2.05, 4.69) is 16.0 Å². The molecule has 0 saturated carbocycles. The summed E-state index contributed by atoms with van der Waals surface area (Å²) in [5.74, 6) is -1.71. The standard InChI is InChI=1S/C31H25N5O7S/c1-20-14-15-24(35(40)41)18-26(20)33-29(37)19-44-25-12-7-11-23(17-25)32-31(39)27(34-30(38)21-8-3-2-4-9-21)16-22-10-5-6-13-28(22)36(42)43/h2-18H,19H2,1H3,(H,32,39)(H,33,37)(H,34,38)/b27-16+. The van der Waals surface area contributed by atoms with Crippen LogP contribution in [0.3, 0.4) is 0 Å². The number of anilines is 2. The summed E-state index contributed by atoms with van der Waals surface area (Å²) in [4.78, 5) is 60.9. The number of carbonyl (C=O) groups is 3. The van der Waals surface area contributed by atoms with Crippen molar-refractivity contribution >= 4 is 58.3 Å². The van der Waals surface area contributed by atoms with Crippen molar-refractivity contribution in [3.05, 3.63) is 140 Å². The van der Waals surface area contributed by atoms with E-state index in [1.54, 1.807) is 73.7 Å². The highest BCUT2D eigenvalue weighted by Gasteiger charge is 2.19. The Kier molecular flexibility index (Phi) is 10.2. The number of non-ortho nitro benzene ring substituents is 1. The number of para-hydroxylation sites is 1. The molecule has 3 amide bonds. The smallest absolute Gasteiger partial charge is 0.276 e. The summed E-state index contributed by atoms with van der Waals surface area (Å²) in [5, 5.41) is 30.5. The van der Waals surface area contributed by atoms with E-state index in [9.17, 15) is 34.6 Å². The molecule has 0 heterocycles. The first-order chi connectivity index (χ1) is 21.1. The summed E-state index contributed by atoms with van der Waals surface area (Å²) in [6.45, 7) is 1.72. The first kappa shape index (κ1) is 31.1. The molecule has 0 unspecified atom stereocenters. The van der Waals surface area contributed by atoms with Crippen molar-refractivity contribution in [2.75, 3.05) is 16.4 Å². The number of benzene rings is 4. The number of carbonyl (C=O) groups excluding carboxylic acids is 3. The maximum atomic E-state index is 13.4. The van der Waals surface area contributed by atoms with Crippen LogP contribution in [0.15, 0.2) is 108 Å². The van der Waals surface area contributed by atoms with Crippen LogP contribution in [0.25, 0.3) is 6.08 Å². The first-order valence-corrected chi connectivity index (χ1v) is 14.0. The predicted molar refractivity (Wildman–Crippen MR) is 167 cm³/mol. The van der Waals surface area contributed by atoms with Crippen LogP contribution in [-0.4, -0.2) is 33.3 Å². The van der Waals surface area contributed by atoms with Crippen LogP contribution in [0.2, 0.25) is 0 Å².